The van der Waals surface area contributed by atoms with Gasteiger partial charge in [0.05, 0.1) is 0 Å². The second-order valence-electron chi connectivity index (χ2n) is 6.74. The highest BCUT2D eigenvalue weighted by molar-refractivity contribution is 5.08. The van der Waals surface area contributed by atoms with Gasteiger partial charge in [0.15, 0.2) is 12.1 Å². The van der Waals surface area contributed by atoms with Crippen LogP contribution in [0, 0.1) is 5.41 Å². The van der Waals surface area contributed by atoms with E-state index in [9.17, 15) is 0 Å². The zero-order chi connectivity index (χ0) is 13.8. The molecule has 2 rings (SSSR count). The number of ether oxygens (including phenoxy) is 4. The van der Waals surface area contributed by atoms with E-state index in [2.05, 4.69) is 27.7 Å². The van der Waals surface area contributed by atoms with E-state index in [0.29, 0.717) is 0 Å². The van der Waals surface area contributed by atoms with Gasteiger partial charge in [0.25, 0.3) is 0 Å². The number of hydrogen-bond acceptors (Lipinski definition) is 4. The minimum Gasteiger partial charge on any atom is -0.375 e. The van der Waals surface area contributed by atoms with Crippen molar-refractivity contribution in [2.24, 2.45) is 5.41 Å². The van der Waals surface area contributed by atoms with Crippen molar-refractivity contribution in [2.75, 3.05) is 7.11 Å². The van der Waals surface area contributed by atoms with Crippen LogP contribution in [0.4, 0.5) is 0 Å². The van der Waals surface area contributed by atoms with Gasteiger partial charge in [-0.15, -0.1) is 0 Å². The van der Waals surface area contributed by atoms with Gasteiger partial charge >= 0.3 is 0 Å². The normalized spacial score (nSPS) is 43.2. The van der Waals surface area contributed by atoms with Crippen LogP contribution in [0.25, 0.3) is 0 Å². The molecule has 0 aromatic heterocycles. The maximum Gasteiger partial charge on any atom is 0.190 e. The van der Waals surface area contributed by atoms with E-state index in [4.69, 9.17) is 18.9 Å². The summed E-state index contributed by atoms with van der Waals surface area (Å²) in [6.45, 7) is 12.5. The van der Waals surface area contributed by atoms with Crippen LogP contribution >= 0.6 is 0 Å². The van der Waals surface area contributed by atoms with Crippen molar-refractivity contribution < 1.29 is 18.9 Å². The van der Waals surface area contributed by atoms with Crippen molar-refractivity contribution in [1.82, 2.24) is 0 Å². The lowest BCUT2D eigenvalue weighted by Gasteiger charge is -2.45. The Bertz CT molecular complexity index is 320. The van der Waals surface area contributed by atoms with E-state index in [-0.39, 0.29) is 29.5 Å². The lowest BCUT2D eigenvalue weighted by molar-refractivity contribution is -0.263. The summed E-state index contributed by atoms with van der Waals surface area (Å²) < 4.78 is 23.8. The van der Waals surface area contributed by atoms with Gasteiger partial charge in [-0.05, 0) is 25.7 Å². The second kappa shape index (κ2) is 4.17. The van der Waals surface area contributed by atoms with Gasteiger partial charge in [0.1, 0.15) is 17.8 Å². The molecule has 2 heterocycles. The molecule has 0 amide bonds. The quantitative estimate of drug-likeness (QED) is 0.763. The molecule has 2 saturated heterocycles. The molecule has 0 aliphatic carbocycles. The first-order valence-corrected chi connectivity index (χ1v) is 6.73. The number of hydrogen-bond donors (Lipinski definition) is 0. The van der Waals surface area contributed by atoms with Crippen molar-refractivity contribution in [3.8, 4) is 0 Å². The molecule has 2 aliphatic rings. The Hall–Kier alpha value is -0.160. The Balaban J connectivity index is 2.33. The predicted octanol–water partition coefficient (Wildman–Crippen LogP) is 2.70. The van der Waals surface area contributed by atoms with Crippen LogP contribution in [0.1, 0.15) is 48.0 Å². The molecule has 4 nitrogen and oxygen atoms in total. The molecule has 2 fully saturated rings. The molecule has 0 saturated carbocycles. The van der Waals surface area contributed by atoms with Crippen LogP contribution in [0.5, 0.6) is 0 Å². The molecule has 0 spiro atoms. The fraction of sp³-hybridized carbons (Fsp3) is 1.00. The molecule has 2 aliphatic heterocycles. The minimum atomic E-state index is -0.593. The summed E-state index contributed by atoms with van der Waals surface area (Å²) >= 11 is 0. The summed E-state index contributed by atoms with van der Waals surface area (Å²) in [6, 6.07) is 0. The Labute approximate surface area is 110 Å². The summed E-state index contributed by atoms with van der Waals surface area (Å²) in [4.78, 5) is 0. The second-order valence-corrected chi connectivity index (χ2v) is 6.74. The summed E-state index contributed by atoms with van der Waals surface area (Å²) in [7, 11) is 1.72. The molecule has 18 heavy (non-hydrogen) atoms. The number of rotatable bonds is 2. The van der Waals surface area contributed by atoms with E-state index in [0.717, 1.165) is 6.42 Å². The molecule has 0 aromatic carbocycles. The van der Waals surface area contributed by atoms with Crippen molar-refractivity contribution in [2.45, 2.75) is 77.8 Å². The van der Waals surface area contributed by atoms with Crippen molar-refractivity contribution >= 4 is 0 Å². The highest BCUT2D eigenvalue weighted by atomic mass is 16.8. The van der Waals surface area contributed by atoms with Gasteiger partial charge in [0, 0.05) is 7.11 Å². The van der Waals surface area contributed by atoms with Crippen LogP contribution in [0.3, 0.4) is 0 Å². The van der Waals surface area contributed by atoms with Crippen LogP contribution in [0.2, 0.25) is 0 Å². The molecule has 0 N–H and O–H groups in total. The third kappa shape index (κ3) is 1.90. The molecule has 106 valence electrons. The molecule has 4 atom stereocenters. The topological polar surface area (TPSA) is 36.9 Å². The van der Waals surface area contributed by atoms with Crippen LogP contribution in [-0.4, -0.2) is 37.0 Å². The van der Waals surface area contributed by atoms with Gasteiger partial charge in [0.2, 0.25) is 0 Å². The Morgan fingerprint density at radius 3 is 2.17 bits per heavy atom. The lowest BCUT2D eigenvalue weighted by atomic mass is 9.71. The van der Waals surface area contributed by atoms with Gasteiger partial charge in [-0.25, -0.2) is 0 Å². The van der Waals surface area contributed by atoms with Crippen molar-refractivity contribution in [1.29, 1.82) is 0 Å². The number of fused-ring (bicyclic) bond motifs is 1. The largest absolute Gasteiger partial charge is 0.375 e. The van der Waals surface area contributed by atoms with Gasteiger partial charge in [-0.2, -0.15) is 0 Å². The third-order valence-electron chi connectivity index (χ3n) is 4.22. The fourth-order valence-electron chi connectivity index (χ4n) is 3.34. The molecule has 0 unspecified atom stereocenters. The van der Waals surface area contributed by atoms with E-state index in [1.54, 1.807) is 7.11 Å². The smallest absolute Gasteiger partial charge is 0.190 e. The van der Waals surface area contributed by atoms with Crippen LogP contribution < -0.4 is 0 Å². The molecule has 0 bridgehead atoms. The zero-order valence-electron chi connectivity index (χ0n) is 12.6. The van der Waals surface area contributed by atoms with Crippen LogP contribution in [0.15, 0.2) is 0 Å². The van der Waals surface area contributed by atoms with Gasteiger partial charge in [-0.3, -0.25) is 0 Å². The molecular formula is C14H26O4. The van der Waals surface area contributed by atoms with E-state index < -0.39 is 5.79 Å². The Kier molecular flexibility index (Phi) is 3.30. The summed E-state index contributed by atoms with van der Waals surface area (Å²) in [5.41, 5.74) is -0.406. The molecular weight excluding hydrogens is 232 g/mol. The summed E-state index contributed by atoms with van der Waals surface area (Å²) in [6.07, 6.45) is 0.289. The maximum absolute atomic E-state index is 6.25. The highest BCUT2D eigenvalue weighted by Crippen LogP contribution is 2.52. The average Bonchev–Trinajstić information content (AvgIpc) is 2.65. The fourth-order valence-corrected chi connectivity index (χ4v) is 3.34. The van der Waals surface area contributed by atoms with E-state index in [1.807, 2.05) is 13.8 Å². The first kappa shape index (κ1) is 14.3. The zero-order valence-corrected chi connectivity index (χ0v) is 12.6. The maximum atomic E-state index is 6.25. The summed E-state index contributed by atoms with van der Waals surface area (Å²) in [5, 5.41) is 0. The number of methoxy groups -OCH3 is 1. The van der Waals surface area contributed by atoms with E-state index in [1.165, 1.54) is 0 Å². The van der Waals surface area contributed by atoms with Gasteiger partial charge < -0.3 is 18.9 Å². The predicted molar refractivity (Wildman–Crippen MR) is 68.2 cm³/mol. The standard InChI is InChI=1S/C14H26O4/c1-8-14(12(2,3)4)10(15-7)9-11(18-14)17-13(5,6)16-9/h9-11H,8H2,1-7H3/t9-,10+,11+,14+/m1/s1. The van der Waals surface area contributed by atoms with Crippen LogP contribution in [-0.2, 0) is 18.9 Å². The minimum absolute atomic E-state index is 0.0381. The van der Waals surface area contributed by atoms with Crippen molar-refractivity contribution in [3.05, 3.63) is 0 Å². The Morgan fingerprint density at radius 1 is 1.11 bits per heavy atom. The first-order valence-electron chi connectivity index (χ1n) is 6.73. The highest BCUT2D eigenvalue weighted by Gasteiger charge is 2.65. The third-order valence-corrected chi connectivity index (χ3v) is 4.22. The van der Waals surface area contributed by atoms with Gasteiger partial charge in [-0.1, -0.05) is 27.7 Å². The first-order chi connectivity index (χ1) is 8.17. The van der Waals surface area contributed by atoms with E-state index >= 15 is 0 Å². The SMILES string of the molecule is CC[C@]1(C(C)(C)C)O[C@@H]2OC(C)(C)O[C@@H]2[C@@H]1OC. The molecule has 0 radical (unpaired) electrons. The monoisotopic (exact) mass is 258 g/mol. The van der Waals surface area contributed by atoms with Crippen molar-refractivity contribution in [3.63, 3.8) is 0 Å². The summed E-state index contributed by atoms with van der Waals surface area (Å²) in [5.74, 6) is -0.593. The average molecular weight is 258 g/mol. The Morgan fingerprint density at radius 2 is 1.72 bits per heavy atom. The lowest BCUT2D eigenvalue weighted by Crippen LogP contribution is -2.54. The molecule has 4 heteroatoms. The molecule has 0 aromatic rings.